The van der Waals surface area contributed by atoms with Gasteiger partial charge in [0.15, 0.2) is 0 Å². The molecule has 1 aromatic heterocycles. The van der Waals surface area contributed by atoms with Crippen molar-refractivity contribution in [3.8, 4) is 5.88 Å². The van der Waals surface area contributed by atoms with E-state index in [2.05, 4.69) is 43.1 Å². The van der Waals surface area contributed by atoms with Crippen molar-refractivity contribution in [3.63, 3.8) is 0 Å². The molecule has 0 bridgehead atoms. The number of hydrogen-bond donors (Lipinski definition) is 1. The molecule has 4 nitrogen and oxygen atoms in total. The molecule has 2 N–H and O–H groups in total. The summed E-state index contributed by atoms with van der Waals surface area (Å²) in [4.78, 5) is 8.71. The van der Waals surface area contributed by atoms with Gasteiger partial charge in [-0.15, -0.1) is 6.58 Å². The zero-order valence-corrected chi connectivity index (χ0v) is 16.8. The fourth-order valence-corrected chi connectivity index (χ4v) is 2.14. The lowest BCUT2D eigenvalue weighted by molar-refractivity contribution is 0.398. The van der Waals surface area contributed by atoms with E-state index in [-0.39, 0.29) is 6.04 Å². The van der Waals surface area contributed by atoms with E-state index in [0.29, 0.717) is 18.1 Å². The van der Waals surface area contributed by atoms with Crippen molar-refractivity contribution in [1.82, 2.24) is 4.98 Å². The molecular weight excluding hydrogens is 322 g/mol. The van der Waals surface area contributed by atoms with Gasteiger partial charge in [-0.3, -0.25) is 4.99 Å². The fraction of sp³-hybridized carbons (Fsp3) is 0.364. The van der Waals surface area contributed by atoms with E-state index >= 15 is 0 Å². The van der Waals surface area contributed by atoms with Crippen LogP contribution in [0.3, 0.4) is 0 Å². The Kier molecular flexibility index (Phi) is 12.3. The Morgan fingerprint density at radius 1 is 1.35 bits per heavy atom. The highest BCUT2D eigenvalue weighted by Crippen LogP contribution is 2.22. The summed E-state index contributed by atoms with van der Waals surface area (Å²) in [5, 5.41) is 0. The van der Waals surface area contributed by atoms with Crippen molar-refractivity contribution < 1.29 is 4.74 Å². The Hall–Kier alpha value is -2.62. The van der Waals surface area contributed by atoms with Crippen LogP contribution in [0.15, 0.2) is 66.4 Å². The first-order valence-corrected chi connectivity index (χ1v) is 8.88. The van der Waals surface area contributed by atoms with Gasteiger partial charge in [0.1, 0.15) is 0 Å². The van der Waals surface area contributed by atoms with Gasteiger partial charge in [-0.25, -0.2) is 4.98 Å². The van der Waals surface area contributed by atoms with Crippen molar-refractivity contribution in [2.75, 3.05) is 7.11 Å². The maximum Gasteiger partial charge on any atom is 0.212 e. The van der Waals surface area contributed by atoms with E-state index in [1.807, 2.05) is 31.2 Å². The second kappa shape index (κ2) is 13.6. The Labute approximate surface area is 158 Å². The number of rotatable bonds is 8. The standard InChI is InChI=1S/C19H25N3O.C3H8/c1-6-9-18(22-14(4)20)16(8-3)12-15(7-2)17-10-11-19(23-5)21-13-17;1-3-2/h6-8,10-13,18H,1,3,9H2,2,4-5H3,(H2,20,22);3H2,1-2H3/b15-7+,16-12+;. The molecule has 26 heavy (non-hydrogen) atoms. The first-order chi connectivity index (χ1) is 12.5. The van der Waals surface area contributed by atoms with Crippen LogP contribution in [0, 0.1) is 0 Å². The number of nitrogens with two attached hydrogens (primary N) is 1. The summed E-state index contributed by atoms with van der Waals surface area (Å²) in [5.74, 6) is 1.13. The zero-order chi connectivity index (χ0) is 19.9. The Bertz CT molecular complexity index is 636. The molecule has 1 rings (SSSR count). The topological polar surface area (TPSA) is 60.5 Å². The molecule has 1 atom stereocenters. The van der Waals surface area contributed by atoms with E-state index in [1.54, 1.807) is 26.3 Å². The number of pyridine rings is 1. The number of aromatic nitrogens is 1. The third kappa shape index (κ3) is 8.47. The van der Waals surface area contributed by atoms with E-state index in [4.69, 9.17) is 10.5 Å². The summed E-state index contributed by atoms with van der Waals surface area (Å²) in [5.41, 5.74) is 8.76. The monoisotopic (exact) mass is 355 g/mol. The van der Waals surface area contributed by atoms with E-state index in [0.717, 1.165) is 16.7 Å². The second-order valence-corrected chi connectivity index (χ2v) is 5.70. The third-order valence-corrected chi connectivity index (χ3v) is 3.28. The lowest BCUT2D eigenvalue weighted by Crippen LogP contribution is -2.14. The van der Waals surface area contributed by atoms with E-state index in [9.17, 15) is 0 Å². The molecule has 0 aliphatic heterocycles. The highest BCUT2D eigenvalue weighted by atomic mass is 16.5. The molecule has 0 radical (unpaired) electrons. The van der Waals surface area contributed by atoms with Gasteiger partial charge >= 0.3 is 0 Å². The summed E-state index contributed by atoms with van der Waals surface area (Å²) in [7, 11) is 1.60. The first-order valence-electron chi connectivity index (χ1n) is 8.88. The first kappa shape index (κ1) is 23.4. The van der Waals surface area contributed by atoms with Crippen LogP contribution in [0.25, 0.3) is 5.57 Å². The molecule has 142 valence electrons. The maximum absolute atomic E-state index is 5.74. The highest BCUT2D eigenvalue weighted by Gasteiger charge is 2.10. The van der Waals surface area contributed by atoms with E-state index < -0.39 is 0 Å². The van der Waals surface area contributed by atoms with Crippen LogP contribution >= 0.6 is 0 Å². The van der Waals surface area contributed by atoms with Crippen LogP contribution in [0.2, 0.25) is 0 Å². The largest absolute Gasteiger partial charge is 0.481 e. The quantitative estimate of drug-likeness (QED) is 0.296. The molecule has 0 saturated carbocycles. The molecule has 0 fully saturated rings. The predicted octanol–water partition coefficient (Wildman–Crippen LogP) is 5.34. The predicted molar refractivity (Wildman–Crippen MR) is 115 cm³/mol. The van der Waals surface area contributed by atoms with Crippen LogP contribution in [0.1, 0.15) is 46.1 Å². The van der Waals surface area contributed by atoms with Crippen LogP contribution in [-0.4, -0.2) is 24.0 Å². The molecule has 1 aromatic rings. The van der Waals surface area contributed by atoms with Crippen molar-refractivity contribution in [2.24, 2.45) is 10.7 Å². The molecule has 1 unspecified atom stereocenters. The SMILES string of the molecule is C=CCC(N=C(C)N)/C(C=C)=C/C(=C\C)c1ccc(OC)nc1.CCC. The van der Waals surface area contributed by atoms with Crippen molar-refractivity contribution >= 4 is 11.4 Å². The number of aliphatic imine (C=N–C) groups is 1. The average Bonchev–Trinajstić information content (AvgIpc) is 2.63. The molecule has 0 saturated heterocycles. The summed E-state index contributed by atoms with van der Waals surface area (Å²) < 4.78 is 5.09. The van der Waals surface area contributed by atoms with Crippen molar-refractivity contribution in [2.45, 2.75) is 46.6 Å². The minimum absolute atomic E-state index is 0.0869. The minimum atomic E-state index is -0.0869. The fourth-order valence-electron chi connectivity index (χ4n) is 2.14. The number of ether oxygens (including phenoxy) is 1. The van der Waals surface area contributed by atoms with Crippen molar-refractivity contribution in [1.29, 1.82) is 0 Å². The lowest BCUT2D eigenvalue weighted by Gasteiger charge is -2.14. The molecule has 0 aliphatic rings. The van der Waals surface area contributed by atoms with Crippen LogP contribution in [-0.2, 0) is 0 Å². The van der Waals surface area contributed by atoms with Gasteiger partial charge in [0, 0.05) is 12.3 Å². The van der Waals surface area contributed by atoms with Crippen LogP contribution in [0.5, 0.6) is 5.88 Å². The molecular formula is C22H33N3O. The van der Waals surface area contributed by atoms with Gasteiger partial charge in [-0.1, -0.05) is 45.1 Å². The number of amidine groups is 1. The highest BCUT2D eigenvalue weighted by molar-refractivity contribution is 5.78. The molecule has 4 heteroatoms. The number of methoxy groups -OCH3 is 1. The maximum atomic E-state index is 5.74. The molecule has 0 aromatic carbocycles. The summed E-state index contributed by atoms with van der Waals surface area (Å²) in [6, 6.07) is 3.72. The summed E-state index contributed by atoms with van der Waals surface area (Å²) >= 11 is 0. The summed E-state index contributed by atoms with van der Waals surface area (Å²) in [6.07, 6.45) is 11.4. The molecule has 0 spiro atoms. The smallest absolute Gasteiger partial charge is 0.212 e. The molecule has 0 aliphatic carbocycles. The van der Waals surface area contributed by atoms with Gasteiger partial charge in [-0.05, 0) is 49.1 Å². The van der Waals surface area contributed by atoms with Gasteiger partial charge < -0.3 is 10.5 Å². The third-order valence-electron chi connectivity index (χ3n) is 3.28. The van der Waals surface area contributed by atoms with Crippen LogP contribution < -0.4 is 10.5 Å². The minimum Gasteiger partial charge on any atom is -0.481 e. The second-order valence-electron chi connectivity index (χ2n) is 5.70. The number of nitrogens with zero attached hydrogens (tertiary/aromatic N) is 2. The Balaban J connectivity index is 0.00000194. The number of hydrogen-bond acceptors (Lipinski definition) is 3. The normalized spacial score (nSPS) is 13.3. The summed E-state index contributed by atoms with van der Waals surface area (Å²) in [6.45, 7) is 15.7. The molecule has 1 heterocycles. The Morgan fingerprint density at radius 3 is 2.38 bits per heavy atom. The molecule has 0 amide bonds. The zero-order valence-electron chi connectivity index (χ0n) is 16.8. The van der Waals surface area contributed by atoms with E-state index in [1.165, 1.54) is 6.42 Å². The Morgan fingerprint density at radius 2 is 2.00 bits per heavy atom. The van der Waals surface area contributed by atoms with Crippen molar-refractivity contribution in [3.05, 3.63) is 66.9 Å². The number of allylic oxidation sites excluding steroid dienone is 3. The van der Waals surface area contributed by atoms with Crippen LogP contribution in [0.4, 0.5) is 0 Å². The van der Waals surface area contributed by atoms with Gasteiger partial charge in [0.25, 0.3) is 0 Å². The van der Waals surface area contributed by atoms with Gasteiger partial charge in [0.2, 0.25) is 5.88 Å². The average molecular weight is 356 g/mol. The lowest BCUT2D eigenvalue weighted by atomic mass is 9.98. The van der Waals surface area contributed by atoms with Gasteiger partial charge in [0.05, 0.1) is 19.0 Å². The van der Waals surface area contributed by atoms with Gasteiger partial charge in [-0.2, -0.15) is 0 Å².